The predicted molar refractivity (Wildman–Crippen MR) is 68.3 cm³/mol. The SMILES string of the molecule is O=C(CS(=O)c1ccc(F)c(F)c1)c1ccc(F)cc1F. The minimum atomic E-state index is -1.96. The maximum atomic E-state index is 13.4. The van der Waals surface area contributed by atoms with Crippen LogP contribution in [0.15, 0.2) is 41.3 Å². The molecule has 1 unspecified atom stereocenters. The van der Waals surface area contributed by atoms with Gasteiger partial charge in [-0.05, 0) is 30.3 Å². The van der Waals surface area contributed by atoms with Gasteiger partial charge in [0.05, 0.1) is 22.1 Å². The summed E-state index contributed by atoms with van der Waals surface area (Å²) in [5.41, 5.74) is -0.410. The molecule has 110 valence electrons. The average molecular weight is 316 g/mol. The molecule has 7 heteroatoms. The predicted octanol–water partition coefficient (Wildman–Crippen LogP) is 3.23. The maximum absolute atomic E-state index is 13.4. The summed E-state index contributed by atoms with van der Waals surface area (Å²) in [5, 5.41) is 0. The fourth-order valence-electron chi connectivity index (χ4n) is 1.61. The molecule has 0 bridgehead atoms. The van der Waals surface area contributed by atoms with E-state index in [0.717, 1.165) is 24.3 Å². The van der Waals surface area contributed by atoms with Gasteiger partial charge in [-0.15, -0.1) is 0 Å². The maximum Gasteiger partial charge on any atom is 0.178 e. The third kappa shape index (κ3) is 3.55. The Balaban J connectivity index is 2.18. The molecule has 1 atom stereocenters. The Kier molecular flexibility index (Phi) is 4.52. The molecule has 0 aliphatic heterocycles. The minimum Gasteiger partial charge on any atom is -0.293 e. The molecule has 0 saturated carbocycles. The zero-order valence-electron chi connectivity index (χ0n) is 10.4. The molecule has 0 amide bonds. The number of Topliss-reactive ketones (excluding diaryl/α,β-unsaturated/α-hetero) is 1. The van der Waals surface area contributed by atoms with E-state index in [2.05, 4.69) is 0 Å². The van der Waals surface area contributed by atoms with Crippen molar-refractivity contribution in [1.29, 1.82) is 0 Å². The van der Waals surface area contributed by atoms with Crippen molar-refractivity contribution in [3.63, 3.8) is 0 Å². The summed E-state index contributed by atoms with van der Waals surface area (Å²) in [6.45, 7) is 0. The number of hydrogen-bond donors (Lipinski definition) is 0. The topological polar surface area (TPSA) is 34.1 Å². The van der Waals surface area contributed by atoms with E-state index in [-0.39, 0.29) is 4.90 Å². The largest absolute Gasteiger partial charge is 0.293 e. The third-order valence-electron chi connectivity index (χ3n) is 2.65. The lowest BCUT2D eigenvalue weighted by molar-refractivity contribution is 0.101. The fraction of sp³-hybridized carbons (Fsp3) is 0.0714. The molecule has 0 fully saturated rings. The van der Waals surface area contributed by atoms with Gasteiger partial charge in [0.25, 0.3) is 0 Å². The molecular weight excluding hydrogens is 308 g/mol. The van der Waals surface area contributed by atoms with Gasteiger partial charge in [0.15, 0.2) is 17.4 Å². The number of carbonyl (C=O) groups is 1. The highest BCUT2D eigenvalue weighted by Gasteiger charge is 2.17. The molecule has 2 aromatic carbocycles. The van der Waals surface area contributed by atoms with E-state index >= 15 is 0 Å². The van der Waals surface area contributed by atoms with Crippen molar-refractivity contribution in [2.75, 3.05) is 5.75 Å². The molecular formula is C14H8F4O2S. The Morgan fingerprint density at radius 2 is 1.62 bits per heavy atom. The average Bonchev–Trinajstić information content (AvgIpc) is 2.41. The summed E-state index contributed by atoms with van der Waals surface area (Å²) in [6, 6.07) is 4.94. The second-order valence-electron chi connectivity index (χ2n) is 4.11. The van der Waals surface area contributed by atoms with Crippen LogP contribution >= 0.6 is 0 Å². The molecule has 0 aliphatic carbocycles. The minimum absolute atomic E-state index is 0.0928. The summed E-state index contributed by atoms with van der Waals surface area (Å²) in [6.07, 6.45) is 0. The zero-order valence-corrected chi connectivity index (χ0v) is 11.2. The lowest BCUT2D eigenvalue weighted by atomic mass is 10.1. The van der Waals surface area contributed by atoms with Gasteiger partial charge < -0.3 is 0 Å². The van der Waals surface area contributed by atoms with Crippen LogP contribution < -0.4 is 0 Å². The lowest BCUT2D eigenvalue weighted by Gasteiger charge is -2.04. The van der Waals surface area contributed by atoms with Crippen molar-refractivity contribution in [2.24, 2.45) is 0 Å². The molecule has 2 rings (SSSR count). The first-order chi connectivity index (χ1) is 9.88. The summed E-state index contributed by atoms with van der Waals surface area (Å²) < 4.78 is 63.8. The van der Waals surface area contributed by atoms with Gasteiger partial charge in [-0.3, -0.25) is 9.00 Å². The summed E-state index contributed by atoms with van der Waals surface area (Å²) in [5.74, 6) is -5.65. The first-order valence-electron chi connectivity index (χ1n) is 5.70. The van der Waals surface area contributed by atoms with Crippen LogP contribution in [0.1, 0.15) is 10.4 Å². The Bertz CT molecular complexity index is 731. The number of ketones is 1. The number of benzene rings is 2. The van der Waals surface area contributed by atoms with Gasteiger partial charge in [-0.25, -0.2) is 17.6 Å². The Hall–Kier alpha value is -2.02. The molecule has 0 saturated heterocycles. The summed E-state index contributed by atoms with van der Waals surface area (Å²) in [7, 11) is -1.96. The second kappa shape index (κ2) is 6.17. The molecule has 0 aromatic heterocycles. The van der Waals surface area contributed by atoms with E-state index in [1.807, 2.05) is 0 Å². The number of carbonyl (C=O) groups excluding carboxylic acids is 1. The quantitative estimate of drug-likeness (QED) is 0.641. The lowest BCUT2D eigenvalue weighted by Crippen LogP contribution is -2.13. The van der Waals surface area contributed by atoms with Gasteiger partial charge in [-0.2, -0.15) is 0 Å². The third-order valence-corrected chi connectivity index (χ3v) is 3.95. The van der Waals surface area contributed by atoms with Gasteiger partial charge in [-0.1, -0.05) is 0 Å². The van der Waals surface area contributed by atoms with Crippen LogP contribution in [0.2, 0.25) is 0 Å². The zero-order chi connectivity index (χ0) is 15.6. The molecule has 0 N–H and O–H groups in total. The van der Waals surface area contributed by atoms with E-state index in [9.17, 15) is 26.6 Å². The van der Waals surface area contributed by atoms with Crippen LogP contribution in [-0.4, -0.2) is 15.7 Å². The van der Waals surface area contributed by atoms with Crippen LogP contribution in [0.3, 0.4) is 0 Å². The fourth-order valence-corrected chi connectivity index (χ4v) is 2.63. The number of hydrogen-bond acceptors (Lipinski definition) is 2. The highest BCUT2D eigenvalue weighted by atomic mass is 32.2. The van der Waals surface area contributed by atoms with Gasteiger partial charge in [0, 0.05) is 11.0 Å². The molecule has 2 nitrogen and oxygen atoms in total. The highest BCUT2D eigenvalue weighted by Crippen LogP contribution is 2.15. The van der Waals surface area contributed by atoms with Crippen molar-refractivity contribution in [3.8, 4) is 0 Å². The molecule has 0 radical (unpaired) electrons. The van der Waals surface area contributed by atoms with E-state index < -0.39 is 51.2 Å². The molecule has 0 spiro atoms. The van der Waals surface area contributed by atoms with Crippen LogP contribution in [-0.2, 0) is 10.8 Å². The standard InChI is InChI=1S/C14H8F4O2S/c15-8-1-3-10(12(17)5-8)14(19)7-21(20)9-2-4-11(16)13(18)6-9/h1-6H,7H2. The number of rotatable bonds is 4. The van der Waals surface area contributed by atoms with E-state index in [1.165, 1.54) is 0 Å². The Labute approximate surface area is 119 Å². The van der Waals surface area contributed by atoms with Crippen LogP contribution in [0.5, 0.6) is 0 Å². The number of halogens is 4. The van der Waals surface area contributed by atoms with Crippen molar-refractivity contribution in [3.05, 3.63) is 65.2 Å². The Morgan fingerprint density at radius 1 is 0.905 bits per heavy atom. The van der Waals surface area contributed by atoms with E-state index in [1.54, 1.807) is 0 Å². The van der Waals surface area contributed by atoms with Crippen molar-refractivity contribution in [1.82, 2.24) is 0 Å². The normalized spacial score (nSPS) is 12.2. The second-order valence-corrected chi connectivity index (χ2v) is 5.56. The van der Waals surface area contributed by atoms with E-state index in [4.69, 9.17) is 0 Å². The van der Waals surface area contributed by atoms with Gasteiger partial charge in [0.2, 0.25) is 0 Å². The first-order valence-corrected chi connectivity index (χ1v) is 7.02. The summed E-state index contributed by atoms with van der Waals surface area (Å²) in [4.78, 5) is 11.7. The van der Waals surface area contributed by atoms with E-state index in [0.29, 0.717) is 12.1 Å². The molecule has 2 aromatic rings. The Morgan fingerprint density at radius 3 is 2.24 bits per heavy atom. The van der Waals surface area contributed by atoms with Crippen LogP contribution in [0.4, 0.5) is 17.6 Å². The first kappa shape index (κ1) is 15.4. The molecule has 0 heterocycles. The van der Waals surface area contributed by atoms with Crippen LogP contribution in [0, 0.1) is 23.3 Å². The van der Waals surface area contributed by atoms with Gasteiger partial charge in [0.1, 0.15) is 11.6 Å². The van der Waals surface area contributed by atoms with Crippen LogP contribution in [0.25, 0.3) is 0 Å². The van der Waals surface area contributed by atoms with Crippen molar-refractivity contribution in [2.45, 2.75) is 4.90 Å². The summed E-state index contributed by atoms with van der Waals surface area (Å²) >= 11 is 0. The molecule has 0 aliphatic rings. The monoisotopic (exact) mass is 316 g/mol. The highest BCUT2D eigenvalue weighted by molar-refractivity contribution is 7.85. The smallest absolute Gasteiger partial charge is 0.178 e. The van der Waals surface area contributed by atoms with Crippen molar-refractivity contribution >= 4 is 16.6 Å². The van der Waals surface area contributed by atoms with Crippen molar-refractivity contribution < 1.29 is 26.6 Å². The van der Waals surface area contributed by atoms with Gasteiger partial charge >= 0.3 is 0 Å². The molecule has 21 heavy (non-hydrogen) atoms.